The van der Waals surface area contributed by atoms with E-state index >= 15 is 0 Å². The van der Waals surface area contributed by atoms with Gasteiger partial charge in [0.2, 0.25) is 5.91 Å². The number of allylic oxidation sites excluding steroid dienone is 1. The largest absolute Gasteiger partial charge is 0.389 e. The number of pyridine rings is 1. The average molecular weight is 503 g/mol. The molecule has 1 aromatic rings. The number of nitrogens with one attached hydrogen (secondary N) is 1. The average Bonchev–Trinajstić information content (AvgIpc) is 3.37. The maximum absolute atomic E-state index is 13.4. The van der Waals surface area contributed by atoms with Gasteiger partial charge in [0.1, 0.15) is 11.6 Å². The molecule has 6 atom stereocenters. The quantitative estimate of drug-likeness (QED) is 0.573. The summed E-state index contributed by atoms with van der Waals surface area (Å²) >= 11 is 0. The van der Waals surface area contributed by atoms with Gasteiger partial charge in [0.25, 0.3) is 11.5 Å². The zero-order valence-electron chi connectivity index (χ0n) is 21.0. The minimum Gasteiger partial charge on any atom is -0.389 e. The van der Waals surface area contributed by atoms with Crippen molar-refractivity contribution in [2.24, 2.45) is 28.4 Å². The Kier molecular flexibility index (Phi) is 4.36. The van der Waals surface area contributed by atoms with Gasteiger partial charge < -0.3 is 20.7 Å². The van der Waals surface area contributed by atoms with Crippen molar-refractivity contribution in [2.75, 3.05) is 19.6 Å². The molecule has 2 saturated carbocycles. The van der Waals surface area contributed by atoms with Crippen LogP contribution in [-0.2, 0) is 17.6 Å². The van der Waals surface area contributed by atoms with Crippen LogP contribution in [0.1, 0.15) is 60.1 Å². The summed E-state index contributed by atoms with van der Waals surface area (Å²) in [6.45, 7) is 2.73. The Morgan fingerprint density at radius 2 is 2.03 bits per heavy atom. The SMILES string of the molecule is NC(=O)[C@@H]1CCCN1C(=O)c1cc2c([nH]c1=O)CC13CC4(CN(CC5CC5)[C@H]4[C@@H]1C2)C1=C3CC(O)C=C1. The van der Waals surface area contributed by atoms with Crippen LogP contribution in [0.25, 0.3) is 0 Å². The van der Waals surface area contributed by atoms with Gasteiger partial charge in [0, 0.05) is 42.2 Å². The zero-order valence-corrected chi connectivity index (χ0v) is 21.0. The third-order valence-corrected chi connectivity index (χ3v) is 10.9. The second-order valence-electron chi connectivity index (χ2n) is 12.9. The van der Waals surface area contributed by atoms with E-state index in [2.05, 4.69) is 16.0 Å². The van der Waals surface area contributed by atoms with E-state index in [1.165, 1.54) is 35.4 Å². The van der Waals surface area contributed by atoms with E-state index in [1.807, 2.05) is 12.1 Å². The summed E-state index contributed by atoms with van der Waals surface area (Å²) < 4.78 is 0. The van der Waals surface area contributed by atoms with Crippen LogP contribution in [-0.4, -0.2) is 69.5 Å². The van der Waals surface area contributed by atoms with Gasteiger partial charge >= 0.3 is 0 Å². The van der Waals surface area contributed by atoms with Crippen molar-refractivity contribution in [1.29, 1.82) is 0 Å². The molecule has 0 aromatic carbocycles. The first-order chi connectivity index (χ1) is 17.8. The predicted molar refractivity (Wildman–Crippen MR) is 136 cm³/mol. The van der Waals surface area contributed by atoms with E-state index in [4.69, 9.17) is 5.73 Å². The number of fused-ring (bicyclic) bond motifs is 2. The van der Waals surface area contributed by atoms with Crippen LogP contribution in [0.2, 0.25) is 0 Å². The molecule has 8 nitrogen and oxygen atoms in total. The monoisotopic (exact) mass is 502 g/mol. The topological polar surface area (TPSA) is 120 Å². The summed E-state index contributed by atoms with van der Waals surface area (Å²) in [5.74, 6) is 0.353. The number of amides is 2. The van der Waals surface area contributed by atoms with E-state index in [0.29, 0.717) is 37.8 Å². The van der Waals surface area contributed by atoms with Gasteiger partial charge in [-0.1, -0.05) is 17.7 Å². The Balaban J connectivity index is 1.19. The lowest BCUT2D eigenvalue weighted by molar-refractivity contribution is -0.121. The van der Waals surface area contributed by atoms with E-state index in [9.17, 15) is 19.5 Å². The molecule has 2 bridgehead atoms. The Labute approximate surface area is 215 Å². The van der Waals surface area contributed by atoms with Crippen LogP contribution in [0.4, 0.5) is 0 Å². The first-order valence-corrected chi connectivity index (χ1v) is 14.0. The fourth-order valence-corrected chi connectivity index (χ4v) is 9.43. The summed E-state index contributed by atoms with van der Waals surface area (Å²) in [6.07, 6.45) is 11.1. The van der Waals surface area contributed by atoms with Crippen LogP contribution >= 0.6 is 0 Å². The Hall–Kier alpha value is -2.71. The van der Waals surface area contributed by atoms with Gasteiger partial charge in [-0.2, -0.15) is 0 Å². The minimum absolute atomic E-state index is 0.0302. The summed E-state index contributed by atoms with van der Waals surface area (Å²) in [5.41, 5.74) is 10.3. The Morgan fingerprint density at radius 3 is 2.81 bits per heavy atom. The number of aromatic amines is 1. The molecule has 194 valence electrons. The lowest BCUT2D eigenvalue weighted by Crippen LogP contribution is -2.66. The van der Waals surface area contributed by atoms with Crippen LogP contribution in [0.15, 0.2) is 34.2 Å². The molecule has 2 saturated heterocycles. The molecule has 37 heavy (non-hydrogen) atoms. The summed E-state index contributed by atoms with van der Waals surface area (Å²) in [5, 5.41) is 10.6. The fourth-order valence-electron chi connectivity index (χ4n) is 9.43. The van der Waals surface area contributed by atoms with Crippen molar-refractivity contribution in [1.82, 2.24) is 14.8 Å². The van der Waals surface area contributed by atoms with E-state index in [-0.39, 0.29) is 27.9 Å². The number of H-pyrrole nitrogens is 1. The van der Waals surface area contributed by atoms with Gasteiger partial charge in [-0.05, 0) is 80.4 Å². The highest BCUT2D eigenvalue weighted by atomic mass is 16.3. The van der Waals surface area contributed by atoms with Gasteiger partial charge in [-0.3, -0.25) is 19.3 Å². The normalized spacial score (nSPS) is 39.2. The van der Waals surface area contributed by atoms with Crippen molar-refractivity contribution in [2.45, 2.75) is 69.6 Å². The van der Waals surface area contributed by atoms with Crippen LogP contribution < -0.4 is 11.3 Å². The van der Waals surface area contributed by atoms with Crippen LogP contribution in [0.5, 0.6) is 0 Å². The minimum atomic E-state index is -0.640. The third-order valence-electron chi connectivity index (χ3n) is 10.9. The third kappa shape index (κ3) is 2.83. The number of aliphatic hydroxyl groups is 1. The van der Waals surface area contributed by atoms with Crippen molar-refractivity contribution in [3.8, 4) is 0 Å². The highest BCUT2D eigenvalue weighted by Crippen LogP contribution is 2.75. The van der Waals surface area contributed by atoms with Crippen molar-refractivity contribution >= 4 is 11.8 Å². The number of hydrogen-bond acceptors (Lipinski definition) is 5. The molecule has 3 unspecified atom stereocenters. The van der Waals surface area contributed by atoms with Gasteiger partial charge in [-0.25, -0.2) is 0 Å². The number of likely N-dealkylation sites (tertiary alicyclic amines) is 2. The molecule has 4 fully saturated rings. The smallest absolute Gasteiger partial charge is 0.261 e. The number of primary amides is 1. The molecule has 5 aliphatic carbocycles. The highest BCUT2D eigenvalue weighted by molar-refractivity contribution is 5.97. The molecule has 7 aliphatic rings. The molecule has 8 heteroatoms. The van der Waals surface area contributed by atoms with Gasteiger partial charge in [0.15, 0.2) is 0 Å². The summed E-state index contributed by atoms with van der Waals surface area (Å²) in [4.78, 5) is 45.8. The fraction of sp³-hybridized carbons (Fsp3) is 0.621. The van der Waals surface area contributed by atoms with E-state index in [1.54, 1.807) is 0 Å². The molecular formula is C29H34N4O4. The van der Waals surface area contributed by atoms with Gasteiger partial charge in [0.05, 0.1) is 6.10 Å². The molecule has 2 amide bonds. The molecule has 1 aromatic heterocycles. The number of nitrogens with zero attached hydrogens (tertiary/aromatic N) is 2. The van der Waals surface area contributed by atoms with Crippen LogP contribution in [0, 0.1) is 22.7 Å². The second kappa shape index (κ2) is 7.23. The number of carbonyl (C=O) groups excluding carboxylic acids is 2. The number of rotatable bonds is 4. The zero-order chi connectivity index (χ0) is 25.3. The molecule has 2 aliphatic heterocycles. The first-order valence-electron chi connectivity index (χ1n) is 14.0. The van der Waals surface area contributed by atoms with Crippen molar-refractivity contribution < 1.29 is 14.7 Å². The lowest BCUT2D eigenvalue weighted by Gasteiger charge is -2.60. The maximum Gasteiger partial charge on any atom is 0.261 e. The number of hydrogen-bond donors (Lipinski definition) is 3. The van der Waals surface area contributed by atoms with Crippen molar-refractivity contribution in [3.63, 3.8) is 0 Å². The Morgan fingerprint density at radius 1 is 1.19 bits per heavy atom. The summed E-state index contributed by atoms with van der Waals surface area (Å²) in [6, 6.07) is 1.66. The van der Waals surface area contributed by atoms with Crippen molar-refractivity contribution in [3.05, 3.63) is 56.5 Å². The van der Waals surface area contributed by atoms with Gasteiger partial charge in [-0.15, -0.1) is 0 Å². The molecule has 2 spiro atoms. The number of aromatic nitrogens is 1. The molecule has 4 N–H and O–H groups in total. The number of carbonyl (C=O) groups is 2. The van der Waals surface area contributed by atoms with E-state index < -0.39 is 18.1 Å². The lowest BCUT2D eigenvalue weighted by atomic mass is 9.56. The van der Waals surface area contributed by atoms with E-state index in [0.717, 1.165) is 43.0 Å². The standard InChI is InChI=1S/C29H34N4O4/c30-25(35)23-2-1-7-33(23)27(37)18-8-16-9-21-24-29(14-32(24)12-15-3-4-15)13-28(21,11-22(16)31-26(18)36)20-10-17(34)5-6-19(20)29/h5-6,8,15,17,21,23-24,34H,1-4,7,9-14H2,(H2,30,35)(H,31,36)/t17?,21-,23-,24-,28?,29?/m0/s1. The molecule has 8 rings (SSSR count). The Bertz CT molecular complexity index is 1370. The highest BCUT2D eigenvalue weighted by Gasteiger charge is 2.75. The molecule has 0 radical (unpaired) electrons. The molecular weight excluding hydrogens is 468 g/mol. The predicted octanol–water partition coefficient (Wildman–Crippen LogP) is 1.28. The first kappa shape index (κ1) is 22.3. The summed E-state index contributed by atoms with van der Waals surface area (Å²) in [7, 11) is 0. The second-order valence-corrected chi connectivity index (χ2v) is 12.9. The van der Waals surface area contributed by atoms with Crippen LogP contribution in [0.3, 0.4) is 0 Å². The maximum atomic E-state index is 13.4. The molecule has 3 heterocycles. The number of nitrogens with two attached hydrogens (primary N) is 1. The number of aliphatic hydroxyl groups excluding tert-OH is 1.